The molecule has 0 aliphatic carbocycles. The number of thiocarbonyl (C=S) groups is 1. The van der Waals surface area contributed by atoms with Crippen LogP contribution in [-0.2, 0) is 0 Å². The molecule has 0 saturated heterocycles. The molecule has 0 saturated carbocycles. The highest BCUT2D eigenvalue weighted by atomic mass is 35.5. The van der Waals surface area contributed by atoms with Crippen molar-refractivity contribution in [2.75, 3.05) is 18.4 Å². The monoisotopic (exact) mass is 319 g/mol. The minimum absolute atomic E-state index is 0.225. The van der Waals surface area contributed by atoms with Crippen LogP contribution in [0.4, 0.5) is 10.5 Å². The maximum Gasteiger partial charge on any atom is 0.321 e. The Morgan fingerprint density at radius 2 is 2.11 bits per heavy atom. The highest BCUT2D eigenvalue weighted by molar-refractivity contribution is 7.80. The van der Waals surface area contributed by atoms with E-state index >= 15 is 0 Å². The molecule has 7 heteroatoms. The zero-order valence-corrected chi connectivity index (χ0v) is 12.8. The van der Waals surface area contributed by atoms with Gasteiger partial charge in [0.1, 0.15) is 0 Å². The largest absolute Gasteiger partial charge is 0.393 e. The van der Waals surface area contributed by atoms with Crippen LogP contribution < -0.4 is 11.1 Å². The topological polar surface area (TPSA) is 58.4 Å². The molecule has 3 N–H and O–H groups in total. The highest BCUT2D eigenvalue weighted by Gasteiger charge is 2.12. The molecule has 1 rings (SSSR count). The van der Waals surface area contributed by atoms with Crippen LogP contribution in [0.1, 0.15) is 13.3 Å². The maximum absolute atomic E-state index is 12.0. The molecule has 0 aliphatic heterocycles. The second kappa shape index (κ2) is 7.53. The van der Waals surface area contributed by atoms with E-state index in [1.165, 1.54) is 0 Å². The molecule has 4 nitrogen and oxygen atoms in total. The van der Waals surface area contributed by atoms with Crippen LogP contribution in [0, 0.1) is 0 Å². The van der Waals surface area contributed by atoms with Gasteiger partial charge in [-0.15, -0.1) is 0 Å². The second-order valence-corrected chi connectivity index (χ2v) is 5.19. The van der Waals surface area contributed by atoms with Crippen LogP contribution in [0.5, 0.6) is 0 Å². The molecular formula is C12H15Cl2N3OS. The quantitative estimate of drug-likeness (QED) is 0.816. The third-order valence-electron chi connectivity index (χ3n) is 2.47. The van der Waals surface area contributed by atoms with Crippen LogP contribution >= 0.6 is 35.4 Å². The lowest BCUT2D eigenvalue weighted by Crippen LogP contribution is -2.36. The van der Waals surface area contributed by atoms with E-state index in [9.17, 15) is 4.79 Å². The number of urea groups is 1. The van der Waals surface area contributed by atoms with Gasteiger partial charge in [0, 0.05) is 25.2 Å². The van der Waals surface area contributed by atoms with Crippen LogP contribution in [0.3, 0.4) is 0 Å². The first-order valence-corrected chi connectivity index (χ1v) is 6.89. The highest BCUT2D eigenvalue weighted by Crippen LogP contribution is 2.25. The van der Waals surface area contributed by atoms with Gasteiger partial charge in [-0.3, -0.25) is 0 Å². The fraction of sp³-hybridized carbons (Fsp3) is 0.333. The number of amides is 2. The molecule has 0 aliphatic rings. The summed E-state index contributed by atoms with van der Waals surface area (Å²) in [4.78, 5) is 14.0. The van der Waals surface area contributed by atoms with Crippen molar-refractivity contribution in [2.24, 2.45) is 5.73 Å². The van der Waals surface area contributed by atoms with Crippen molar-refractivity contribution in [2.45, 2.75) is 13.3 Å². The lowest BCUT2D eigenvalue weighted by atomic mass is 10.3. The fourth-order valence-corrected chi connectivity index (χ4v) is 1.81. The number of benzene rings is 1. The van der Waals surface area contributed by atoms with Gasteiger partial charge in [-0.25, -0.2) is 4.79 Å². The molecule has 1 aromatic rings. The summed E-state index contributed by atoms with van der Waals surface area (Å²) >= 11 is 16.5. The molecule has 0 atom stereocenters. The number of nitrogens with one attached hydrogen (secondary N) is 1. The minimum Gasteiger partial charge on any atom is -0.393 e. The predicted octanol–water partition coefficient (Wildman–Crippen LogP) is 3.52. The molecule has 0 radical (unpaired) electrons. The van der Waals surface area contributed by atoms with Gasteiger partial charge in [-0.1, -0.05) is 35.4 Å². The van der Waals surface area contributed by atoms with E-state index in [0.717, 1.165) is 0 Å². The Morgan fingerprint density at radius 1 is 1.42 bits per heavy atom. The number of hydrogen-bond acceptors (Lipinski definition) is 2. The second-order valence-electron chi connectivity index (χ2n) is 3.86. The first kappa shape index (κ1) is 16.0. The molecule has 19 heavy (non-hydrogen) atoms. The third kappa shape index (κ3) is 5.22. The molecule has 2 amide bonds. The lowest BCUT2D eigenvalue weighted by molar-refractivity contribution is 0.216. The summed E-state index contributed by atoms with van der Waals surface area (Å²) in [6.45, 7) is 2.93. The average molecular weight is 320 g/mol. The number of rotatable bonds is 5. The van der Waals surface area contributed by atoms with E-state index in [4.69, 9.17) is 41.2 Å². The molecule has 0 spiro atoms. The number of carbonyl (C=O) groups excluding carboxylic acids is 1. The number of hydrogen-bond donors (Lipinski definition) is 2. The summed E-state index contributed by atoms with van der Waals surface area (Å²) in [6.07, 6.45) is 0.498. The lowest BCUT2D eigenvalue weighted by Gasteiger charge is -2.21. The van der Waals surface area contributed by atoms with Crippen molar-refractivity contribution >= 4 is 52.1 Å². The van der Waals surface area contributed by atoms with Gasteiger partial charge in [0.2, 0.25) is 0 Å². The minimum atomic E-state index is -0.225. The zero-order chi connectivity index (χ0) is 14.4. The van der Waals surface area contributed by atoms with Crippen molar-refractivity contribution in [3.63, 3.8) is 0 Å². The van der Waals surface area contributed by atoms with E-state index in [1.54, 1.807) is 23.1 Å². The maximum atomic E-state index is 12.0. The van der Waals surface area contributed by atoms with Crippen molar-refractivity contribution in [3.8, 4) is 0 Å². The molecule has 0 bridgehead atoms. The van der Waals surface area contributed by atoms with Gasteiger partial charge in [-0.2, -0.15) is 0 Å². The Morgan fingerprint density at radius 3 is 2.63 bits per heavy atom. The van der Waals surface area contributed by atoms with Gasteiger partial charge in [0.15, 0.2) is 0 Å². The van der Waals surface area contributed by atoms with Crippen molar-refractivity contribution < 1.29 is 4.79 Å². The van der Waals surface area contributed by atoms with E-state index in [1.807, 2.05) is 6.92 Å². The molecule has 0 unspecified atom stereocenters. The van der Waals surface area contributed by atoms with Gasteiger partial charge in [-0.05, 0) is 25.1 Å². The van der Waals surface area contributed by atoms with E-state index in [-0.39, 0.29) is 6.03 Å². The molecular weight excluding hydrogens is 305 g/mol. The molecule has 0 aromatic heterocycles. The van der Waals surface area contributed by atoms with E-state index in [2.05, 4.69) is 5.32 Å². The Kier molecular flexibility index (Phi) is 6.34. The first-order chi connectivity index (χ1) is 8.93. The normalized spacial score (nSPS) is 10.1. The summed E-state index contributed by atoms with van der Waals surface area (Å²) in [5.41, 5.74) is 6.02. The van der Waals surface area contributed by atoms with Gasteiger partial charge in [0.05, 0.1) is 15.0 Å². The number of halogens is 2. The van der Waals surface area contributed by atoms with Crippen LogP contribution in [0.15, 0.2) is 18.2 Å². The van der Waals surface area contributed by atoms with E-state index in [0.29, 0.717) is 40.2 Å². The number of anilines is 1. The van der Waals surface area contributed by atoms with Gasteiger partial charge in [0.25, 0.3) is 0 Å². The Hall–Kier alpha value is -1.04. The Bertz CT molecular complexity index is 482. The molecule has 0 fully saturated rings. The van der Waals surface area contributed by atoms with Crippen LogP contribution in [0.25, 0.3) is 0 Å². The summed E-state index contributed by atoms with van der Waals surface area (Å²) in [5, 5.41) is 3.58. The number of nitrogens with two attached hydrogens (primary N) is 1. The molecule has 0 heterocycles. The van der Waals surface area contributed by atoms with Crippen molar-refractivity contribution in [1.82, 2.24) is 4.90 Å². The molecule has 104 valence electrons. The Balaban J connectivity index is 2.65. The van der Waals surface area contributed by atoms with Crippen molar-refractivity contribution in [3.05, 3.63) is 28.2 Å². The fourth-order valence-electron chi connectivity index (χ4n) is 1.42. The standard InChI is InChI=1S/C12H15Cl2N3OS/c1-2-17(6-5-11(15)19)12(18)16-8-3-4-9(13)10(14)7-8/h3-4,7H,2,5-6H2,1H3,(H2,15,19)(H,16,18). The molecule has 1 aromatic carbocycles. The van der Waals surface area contributed by atoms with Crippen LogP contribution in [0.2, 0.25) is 10.0 Å². The Labute approximate surface area is 127 Å². The van der Waals surface area contributed by atoms with Gasteiger partial charge >= 0.3 is 6.03 Å². The summed E-state index contributed by atoms with van der Waals surface area (Å²) in [7, 11) is 0. The first-order valence-electron chi connectivity index (χ1n) is 5.73. The predicted molar refractivity (Wildman–Crippen MR) is 84.1 cm³/mol. The SMILES string of the molecule is CCN(CCC(N)=S)C(=O)Nc1ccc(Cl)c(Cl)c1. The summed E-state index contributed by atoms with van der Waals surface area (Å²) < 4.78 is 0. The summed E-state index contributed by atoms with van der Waals surface area (Å²) in [5.74, 6) is 0. The zero-order valence-electron chi connectivity index (χ0n) is 10.5. The number of nitrogens with zero attached hydrogens (tertiary/aromatic N) is 1. The number of carbonyl (C=O) groups is 1. The van der Waals surface area contributed by atoms with E-state index < -0.39 is 0 Å². The van der Waals surface area contributed by atoms with Crippen molar-refractivity contribution in [1.29, 1.82) is 0 Å². The van der Waals surface area contributed by atoms with Gasteiger partial charge < -0.3 is 16.0 Å². The average Bonchev–Trinajstić information content (AvgIpc) is 2.34. The smallest absolute Gasteiger partial charge is 0.321 e. The summed E-state index contributed by atoms with van der Waals surface area (Å²) in [6, 6.07) is 4.69. The van der Waals surface area contributed by atoms with Crippen LogP contribution in [-0.4, -0.2) is 29.0 Å². The third-order valence-corrected chi connectivity index (χ3v) is 3.41.